The molecule has 1 aliphatic heterocycles. The molecule has 1 unspecified atom stereocenters. The van der Waals surface area contributed by atoms with Crippen LogP contribution in [0.3, 0.4) is 0 Å². The number of aromatic carboxylic acids is 1. The van der Waals surface area contributed by atoms with Crippen molar-refractivity contribution in [3.8, 4) is 0 Å². The number of hydrogen-bond acceptors (Lipinski definition) is 4. The van der Waals surface area contributed by atoms with Gasteiger partial charge < -0.3 is 10.0 Å². The fourth-order valence-corrected chi connectivity index (χ4v) is 3.36. The lowest BCUT2D eigenvalue weighted by Gasteiger charge is -2.20. The number of carboxylic acids is 1. The molecular formula is C13H12ClNO4S. The highest BCUT2D eigenvalue weighted by molar-refractivity contribution is 8.14. The Labute approximate surface area is 124 Å². The van der Waals surface area contributed by atoms with E-state index in [-0.39, 0.29) is 45.5 Å². The first-order chi connectivity index (χ1) is 9.40. The Morgan fingerprint density at radius 1 is 1.45 bits per heavy atom. The van der Waals surface area contributed by atoms with Crippen molar-refractivity contribution >= 4 is 46.0 Å². The minimum atomic E-state index is -1.14. The Morgan fingerprint density at radius 2 is 2.15 bits per heavy atom. The molecule has 1 aliphatic rings. The van der Waals surface area contributed by atoms with Gasteiger partial charge in [0, 0.05) is 25.1 Å². The zero-order valence-electron chi connectivity index (χ0n) is 10.6. The Balaban J connectivity index is 2.35. The second-order valence-corrected chi connectivity index (χ2v) is 6.27. The molecule has 0 bridgehead atoms. The van der Waals surface area contributed by atoms with Crippen molar-refractivity contribution < 1.29 is 19.5 Å². The van der Waals surface area contributed by atoms with Crippen molar-refractivity contribution in [1.82, 2.24) is 0 Å². The van der Waals surface area contributed by atoms with Crippen molar-refractivity contribution in [3.63, 3.8) is 0 Å². The Bertz CT molecular complexity index is 590. The van der Waals surface area contributed by atoms with E-state index in [1.54, 1.807) is 6.07 Å². The van der Waals surface area contributed by atoms with Gasteiger partial charge in [-0.15, -0.1) is 0 Å². The van der Waals surface area contributed by atoms with E-state index in [1.807, 2.05) is 0 Å². The quantitative estimate of drug-likeness (QED) is 0.927. The molecule has 1 N–H and O–H groups in total. The molecule has 0 saturated carbocycles. The van der Waals surface area contributed by atoms with Crippen LogP contribution in [0.25, 0.3) is 0 Å². The number of carbonyl (C=O) groups is 3. The molecule has 0 spiro atoms. The fraction of sp³-hybridized carbons (Fsp3) is 0.308. The predicted molar refractivity (Wildman–Crippen MR) is 77.4 cm³/mol. The SMILES string of the molecule is CC(=O)SC1CC(=O)N(c2c(Cl)cccc2C(=O)O)C1. The zero-order valence-corrected chi connectivity index (χ0v) is 12.2. The van der Waals surface area contributed by atoms with Crippen molar-refractivity contribution in [2.75, 3.05) is 11.4 Å². The maximum atomic E-state index is 12.0. The molecule has 106 valence electrons. The van der Waals surface area contributed by atoms with Crippen LogP contribution in [-0.4, -0.2) is 33.9 Å². The average molecular weight is 314 g/mol. The first kappa shape index (κ1) is 14.9. The molecule has 7 heteroatoms. The van der Waals surface area contributed by atoms with E-state index in [4.69, 9.17) is 11.6 Å². The summed E-state index contributed by atoms with van der Waals surface area (Å²) in [6.45, 7) is 1.73. The van der Waals surface area contributed by atoms with Crippen LogP contribution < -0.4 is 4.90 Å². The number of nitrogens with zero attached hydrogens (tertiary/aromatic N) is 1. The third-order valence-electron chi connectivity index (χ3n) is 2.91. The van der Waals surface area contributed by atoms with Gasteiger partial charge in [-0.2, -0.15) is 0 Å². The number of carboxylic acid groups (broad SMARTS) is 1. The van der Waals surface area contributed by atoms with E-state index in [1.165, 1.54) is 24.0 Å². The monoisotopic (exact) mass is 313 g/mol. The molecule has 1 heterocycles. The van der Waals surface area contributed by atoms with Gasteiger partial charge in [0.1, 0.15) is 0 Å². The molecule has 1 saturated heterocycles. The topological polar surface area (TPSA) is 74.7 Å². The first-order valence-electron chi connectivity index (χ1n) is 5.89. The van der Waals surface area contributed by atoms with Crippen LogP contribution in [0.5, 0.6) is 0 Å². The molecule has 1 aromatic carbocycles. The summed E-state index contributed by atoms with van der Waals surface area (Å²) in [5.41, 5.74) is 0.192. The molecule has 1 amide bonds. The number of anilines is 1. The van der Waals surface area contributed by atoms with Crippen LogP contribution in [0.1, 0.15) is 23.7 Å². The highest BCUT2D eigenvalue weighted by Gasteiger charge is 2.34. The molecular weight excluding hydrogens is 302 g/mol. The van der Waals surface area contributed by atoms with E-state index >= 15 is 0 Å². The van der Waals surface area contributed by atoms with E-state index in [0.717, 1.165) is 11.8 Å². The summed E-state index contributed by atoms with van der Waals surface area (Å²) < 4.78 is 0. The van der Waals surface area contributed by atoms with Gasteiger partial charge in [0.2, 0.25) is 5.91 Å². The maximum Gasteiger partial charge on any atom is 0.337 e. The minimum absolute atomic E-state index is 0.0145. The van der Waals surface area contributed by atoms with Crippen LogP contribution in [0.4, 0.5) is 5.69 Å². The van der Waals surface area contributed by atoms with Crippen LogP contribution in [0.2, 0.25) is 5.02 Å². The van der Waals surface area contributed by atoms with Gasteiger partial charge in [-0.25, -0.2) is 4.79 Å². The van der Waals surface area contributed by atoms with Crippen molar-refractivity contribution in [2.45, 2.75) is 18.6 Å². The molecule has 0 aromatic heterocycles. The number of amides is 1. The van der Waals surface area contributed by atoms with Gasteiger partial charge in [0.15, 0.2) is 5.12 Å². The van der Waals surface area contributed by atoms with Crippen molar-refractivity contribution in [1.29, 1.82) is 0 Å². The number of benzene rings is 1. The first-order valence-corrected chi connectivity index (χ1v) is 7.15. The lowest BCUT2D eigenvalue weighted by atomic mass is 10.1. The molecule has 0 radical (unpaired) electrons. The summed E-state index contributed by atoms with van der Waals surface area (Å²) in [4.78, 5) is 35.7. The molecule has 1 aromatic rings. The summed E-state index contributed by atoms with van der Waals surface area (Å²) in [5, 5.41) is 9.17. The number of hydrogen-bond donors (Lipinski definition) is 1. The zero-order chi connectivity index (χ0) is 14.9. The number of thioether (sulfide) groups is 1. The normalized spacial score (nSPS) is 18.4. The lowest BCUT2D eigenvalue weighted by molar-refractivity contribution is -0.117. The van der Waals surface area contributed by atoms with Crippen LogP contribution in [0, 0.1) is 0 Å². The van der Waals surface area contributed by atoms with Gasteiger partial charge >= 0.3 is 5.97 Å². The smallest absolute Gasteiger partial charge is 0.337 e. The lowest BCUT2D eigenvalue weighted by Crippen LogP contribution is -2.27. The van der Waals surface area contributed by atoms with E-state index in [2.05, 4.69) is 0 Å². The molecule has 1 atom stereocenters. The minimum Gasteiger partial charge on any atom is -0.478 e. The second kappa shape index (κ2) is 5.85. The molecule has 20 heavy (non-hydrogen) atoms. The third kappa shape index (κ3) is 2.96. The second-order valence-electron chi connectivity index (χ2n) is 4.38. The number of para-hydroxylation sites is 1. The number of carbonyl (C=O) groups excluding carboxylic acids is 2. The summed E-state index contributed by atoms with van der Waals surface area (Å²) >= 11 is 7.13. The molecule has 5 nitrogen and oxygen atoms in total. The van der Waals surface area contributed by atoms with Crippen LogP contribution >= 0.6 is 23.4 Å². The number of rotatable bonds is 3. The highest BCUT2D eigenvalue weighted by atomic mass is 35.5. The highest BCUT2D eigenvalue weighted by Crippen LogP contribution is 2.35. The average Bonchev–Trinajstić information content (AvgIpc) is 2.68. The maximum absolute atomic E-state index is 12.0. The largest absolute Gasteiger partial charge is 0.478 e. The summed E-state index contributed by atoms with van der Waals surface area (Å²) in [6, 6.07) is 4.47. The third-order valence-corrected chi connectivity index (χ3v) is 4.20. The van der Waals surface area contributed by atoms with Gasteiger partial charge in [0.05, 0.1) is 16.3 Å². The Kier molecular flexibility index (Phi) is 4.35. The standard InChI is InChI=1S/C13H12ClNO4S/c1-7(16)20-8-5-11(17)15(6-8)12-9(13(18)19)3-2-4-10(12)14/h2-4,8H,5-6H2,1H3,(H,18,19). The molecule has 2 rings (SSSR count). The van der Waals surface area contributed by atoms with Crippen molar-refractivity contribution in [3.05, 3.63) is 28.8 Å². The Hall–Kier alpha value is -1.53. The summed E-state index contributed by atoms with van der Waals surface area (Å²) in [6.07, 6.45) is 0.203. The van der Waals surface area contributed by atoms with Crippen LogP contribution in [-0.2, 0) is 9.59 Å². The van der Waals surface area contributed by atoms with Gasteiger partial charge in [-0.05, 0) is 12.1 Å². The fourth-order valence-electron chi connectivity index (χ4n) is 2.17. The van der Waals surface area contributed by atoms with Crippen molar-refractivity contribution in [2.24, 2.45) is 0 Å². The molecule has 1 fully saturated rings. The predicted octanol–water partition coefficient (Wildman–Crippen LogP) is 2.42. The Morgan fingerprint density at radius 3 is 2.75 bits per heavy atom. The van der Waals surface area contributed by atoms with E-state index < -0.39 is 5.97 Å². The summed E-state index contributed by atoms with van der Waals surface area (Å²) in [5.74, 6) is -1.36. The van der Waals surface area contributed by atoms with E-state index in [9.17, 15) is 19.5 Å². The van der Waals surface area contributed by atoms with Gasteiger partial charge in [0.25, 0.3) is 0 Å². The van der Waals surface area contributed by atoms with Gasteiger partial charge in [-0.3, -0.25) is 9.59 Å². The molecule has 0 aliphatic carbocycles. The van der Waals surface area contributed by atoms with Crippen LogP contribution in [0.15, 0.2) is 18.2 Å². The van der Waals surface area contributed by atoms with E-state index in [0.29, 0.717) is 0 Å². The summed E-state index contributed by atoms with van der Waals surface area (Å²) in [7, 11) is 0. The van der Waals surface area contributed by atoms with Gasteiger partial charge in [-0.1, -0.05) is 29.4 Å². The number of halogens is 1.